The molecule has 16 heavy (non-hydrogen) atoms. The number of unbranched alkanes of at least 4 members (excludes halogenated alkanes) is 1. The third-order valence-corrected chi connectivity index (χ3v) is 3.36. The Balaban J connectivity index is 2.40. The van der Waals surface area contributed by atoms with E-state index in [0.29, 0.717) is 13.0 Å². The molecule has 0 aromatic heterocycles. The average Bonchev–Trinajstić information content (AvgIpc) is 2.42. The van der Waals surface area contributed by atoms with Crippen LogP contribution >= 0.6 is 15.9 Å². The van der Waals surface area contributed by atoms with E-state index in [0.717, 1.165) is 31.1 Å². The standard InChI is InChI=1S/C11H19BrN2O2/c1-13-7-4-8-14(9-11(13)16)10(15)5-2-3-6-12/h2-9H2,1H3. The fraction of sp³-hybridized carbons (Fsp3) is 0.818. The second-order valence-corrected chi connectivity index (χ2v) is 4.92. The van der Waals surface area contributed by atoms with Gasteiger partial charge in [-0.05, 0) is 19.3 Å². The lowest BCUT2D eigenvalue weighted by Gasteiger charge is -2.19. The molecule has 0 radical (unpaired) electrons. The summed E-state index contributed by atoms with van der Waals surface area (Å²) in [6, 6.07) is 0. The summed E-state index contributed by atoms with van der Waals surface area (Å²) in [5.74, 6) is 0.163. The molecule has 1 rings (SSSR count). The van der Waals surface area contributed by atoms with Gasteiger partial charge in [-0.15, -0.1) is 0 Å². The van der Waals surface area contributed by atoms with Crippen LogP contribution in [0.25, 0.3) is 0 Å². The molecule has 0 N–H and O–H groups in total. The van der Waals surface area contributed by atoms with Gasteiger partial charge in [-0.1, -0.05) is 15.9 Å². The van der Waals surface area contributed by atoms with Crippen LogP contribution in [0.2, 0.25) is 0 Å². The molecule has 1 aliphatic rings. The van der Waals surface area contributed by atoms with Crippen molar-refractivity contribution in [3.63, 3.8) is 0 Å². The number of hydrogen-bond acceptors (Lipinski definition) is 2. The molecule has 2 amide bonds. The first kappa shape index (κ1) is 13.5. The van der Waals surface area contributed by atoms with Gasteiger partial charge in [0.05, 0.1) is 6.54 Å². The van der Waals surface area contributed by atoms with Crippen LogP contribution in [0.4, 0.5) is 0 Å². The lowest BCUT2D eigenvalue weighted by molar-refractivity contribution is -0.138. The summed E-state index contributed by atoms with van der Waals surface area (Å²) < 4.78 is 0. The van der Waals surface area contributed by atoms with E-state index < -0.39 is 0 Å². The van der Waals surface area contributed by atoms with Gasteiger partial charge in [-0.2, -0.15) is 0 Å². The summed E-state index contributed by atoms with van der Waals surface area (Å²) in [5, 5.41) is 0.932. The fourth-order valence-corrected chi connectivity index (χ4v) is 2.12. The number of carbonyl (C=O) groups is 2. The predicted octanol–water partition coefficient (Wildman–Crippen LogP) is 1.24. The summed E-state index contributed by atoms with van der Waals surface area (Å²) >= 11 is 3.34. The lowest BCUT2D eigenvalue weighted by Crippen LogP contribution is -2.37. The van der Waals surface area contributed by atoms with E-state index in [1.807, 2.05) is 0 Å². The van der Waals surface area contributed by atoms with Crippen LogP contribution in [0.5, 0.6) is 0 Å². The zero-order valence-electron chi connectivity index (χ0n) is 9.75. The number of alkyl halides is 1. The largest absolute Gasteiger partial charge is 0.344 e. The van der Waals surface area contributed by atoms with E-state index in [1.54, 1.807) is 16.8 Å². The van der Waals surface area contributed by atoms with E-state index in [9.17, 15) is 9.59 Å². The highest BCUT2D eigenvalue weighted by atomic mass is 79.9. The smallest absolute Gasteiger partial charge is 0.241 e. The molecule has 0 saturated carbocycles. The molecule has 4 nitrogen and oxygen atoms in total. The van der Waals surface area contributed by atoms with E-state index in [2.05, 4.69) is 15.9 Å². The third-order valence-electron chi connectivity index (χ3n) is 2.80. The third kappa shape index (κ3) is 4.12. The van der Waals surface area contributed by atoms with E-state index in [4.69, 9.17) is 0 Å². The monoisotopic (exact) mass is 290 g/mol. The quantitative estimate of drug-likeness (QED) is 0.577. The molecule has 1 heterocycles. The van der Waals surface area contributed by atoms with Gasteiger partial charge in [0.2, 0.25) is 11.8 Å². The Hall–Kier alpha value is -0.580. The van der Waals surface area contributed by atoms with Crippen molar-refractivity contribution in [2.24, 2.45) is 0 Å². The molecule has 1 fully saturated rings. The minimum absolute atomic E-state index is 0.0475. The molecule has 1 saturated heterocycles. The van der Waals surface area contributed by atoms with E-state index >= 15 is 0 Å². The number of likely N-dealkylation sites (N-methyl/N-ethyl adjacent to an activating group) is 1. The summed E-state index contributed by atoms with van der Waals surface area (Å²) in [7, 11) is 1.79. The van der Waals surface area contributed by atoms with Gasteiger partial charge >= 0.3 is 0 Å². The highest BCUT2D eigenvalue weighted by Gasteiger charge is 2.21. The number of amides is 2. The topological polar surface area (TPSA) is 40.6 Å². The maximum Gasteiger partial charge on any atom is 0.241 e. The van der Waals surface area contributed by atoms with Crippen molar-refractivity contribution in [2.75, 3.05) is 32.0 Å². The number of hydrogen-bond donors (Lipinski definition) is 0. The minimum atomic E-state index is 0.0475. The number of rotatable bonds is 4. The highest BCUT2D eigenvalue weighted by Crippen LogP contribution is 2.07. The maximum absolute atomic E-state index is 11.8. The molecule has 0 aromatic carbocycles. The number of nitrogens with zero attached hydrogens (tertiary/aromatic N) is 2. The molecular weight excluding hydrogens is 272 g/mol. The van der Waals surface area contributed by atoms with Gasteiger partial charge in [-0.3, -0.25) is 9.59 Å². The van der Waals surface area contributed by atoms with E-state index in [1.165, 1.54) is 0 Å². The van der Waals surface area contributed by atoms with Crippen molar-refractivity contribution in [1.82, 2.24) is 9.80 Å². The lowest BCUT2D eigenvalue weighted by atomic mass is 10.2. The van der Waals surface area contributed by atoms with Crippen molar-refractivity contribution < 1.29 is 9.59 Å². The number of halogens is 1. The van der Waals surface area contributed by atoms with Crippen LogP contribution in [-0.2, 0) is 9.59 Å². The maximum atomic E-state index is 11.8. The predicted molar refractivity (Wildman–Crippen MR) is 66.5 cm³/mol. The van der Waals surface area contributed by atoms with Gasteiger partial charge in [0.25, 0.3) is 0 Å². The van der Waals surface area contributed by atoms with Crippen molar-refractivity contribution >= 4 is 27.7 Å². The summed E-state index contributed by atoms with van der Waals surface area (Å²) in [4.78, 5) is 26.8. The second-order valence-electron chi connectivity index (χ2n) is 4.13. The van der Waals surface area contributed by atoms with Crippen molar-refractivity contribution in [3.05, 3.63) is 0 Å². The molecule has 1 aliphatic heterocycles. The zero-order valence-corrected chi connectivity index (χ0v) is 11.3. The van der Waals surface area contributed by atoms with Gasteiger partial charge in [0.15, 0.2) is 0 Å². The zero-order chi connectivity index (χ0) is 12.0. The Labute approximate surface area is 105 Å². The van der Waals surface area contributed by atoms with Crippen LogP contribution in [0.1, 0.15) is 25.7 Å². The number of carbonyl (C=O) groups excluding carboxylic acids is 2. The summed E-state index contributed by atoms with van der Waals surface area (Å²) in [5.41, 5.74) is 0. The van der Waals surface area contributed by atoms with Crippen molar-refractivity contribution in [2.45, 2.75) is 25.7 Å². The molecular formula is C11H19BrN2O2. The highest BCUT2D eigenvalue weighted by molar-refractivity contribution is 9.09. The molecule has 5 heteroatoms. The van der Waals surface area contributed by atoms with Crippen LogP contribution in [0.3, 0.4) is 0 Å². The minimum Gasteiger partial charge on any atom is -0.344 e. The second kappa shape index (κ2) is 6.89. The van der Waals surface area contributed by atoms with Crippen molar-refractivity contribution in [1.29, 1.82) is 0 Å². The molecule has 0 aromatic rings. The molecule has 92 valence electrons. The Kier molecular flexibility index (Phi) is 5.80. The first-order chi connectivity index (χ1) is 7.65. The van der Waals surface area contributed by atoms with Gasteiger partial charge < -0.3 is 9.80 Å². The Morgan fingerprint density at radius 2 is 2.12 bits per heavy atom. The molecule has 0 bridgehead atoms. The first-order valence-electron chi connectivity index (χ1n) is 5.73. The van der Waals surface area contributed by atoms with Gasteiger partial charge in [0, 0.05) is 31.9 Å². The van der Waals surface area contributed by atoms with Gasteiger partial charge in [0.1, 0.15) is 0 Å². The van der Waals surface area contributed by atoms with Crippen LogP contribution < -0.4 is 0 Å². The Bertz CT molecular complexity index is 258. The summed E-state index contributed by atoms with van der Waals surface area (Å²) in [6.45, 7) is 1.72. The average molecular weight is 291 g/mol. The Morgan fingerprint density at radius 1 is 1.38 bits per heavy atom. The van der Waals surface area contributed by atoms with E-state index in [-0.39, 0.29) is 18.4 Å². The summed E-state index contributed by atoms with van der Waals surface area (Å²) in [6.07, 6.45) is 3.34. The molecule has 0 unspecified atom stereocenters. The SMILES string of the molecule is CN1CCCN(C(=O)CCCCBr)CC1=O. The van der Waals surface area contributed by atoms with Crippen molar-refractivity contribution in [3.8, 4) is 0 Å². The first-order valence-corrected chi connectivity index (χ1v) is 6.85. The normalized spacial score (nSPS) is 17.5. The Morgan fingerprint density at radius 3 is 2.81 bits per heavy atom. The van der Waals surface area contributed by atoms with Crippen LogP contribution in [0.15, 0.2) is 0 Å². The fourth-order valence-electron chi connectivity index (χ4n) is 1.73. The molecule has 0 atom stereocenters. The van der Waals surface area contributed by atoms with Gasteiger partial charge in [-0.25, -0.2) is 0 Å². The molecule has 0 aliphatic carbocycles. The van der Waals surface area contributed by atoms with Crippen LogP contribution in [0, 0.1) is 0 Å². The molecule has 0 spiro atoms. The van der Waals surface area contributed by atoms with Crippen LogP contribution in [-0.4, -0.2) is 53.6 Å².